The second-order valence-corrected chi connectivity index (χ2v) is 8.87. The Morgan fingerprint density at radius 2 is 1.88 bits per heavy atom. The SMILES string of the molecule is CC(=O)Nc1ccc(-c2csc(NC(=O)Cc3csc(-c4cccc(C)c4)n3)n2)c(F)c1. The predicted molar refractivity (Wildman–Crippen MR) is 126 cm³/mol. The minimum Gasteiger partial charge on any atom is -0.326 e. The van der Waals surface area contributed by atoms with Crippen LogP contribution in [0, 0.1) is 12.7 Å². The Morgan fingerprint density at radius 3 is 2.62 bits per heavy atom. The average Bonchev–Trinajstić information content (AvgIpc) is 3.37. The number of nitrogens with zero attached hydrogens (tertiary/aromatic N) is 2. The highest BCUT2D eigenvalue weighted by Gasteiger charge is 2.14. The highest BCUT2D eigenvalue weighted by molar-refractivity contribution is 7.14. The fourth-order valence-electron chi connectivity index (χ4n) is 3.09. The first-order chi connectivity index (χ1) is 15.4. The highest BCUT2D eigenvalue weighted by Crippen LogP contribution is 2.29. The van der Waals surface area contributed by atoms with Crippen LogP contribution in [0.3, 0.4) is 0 Å². The Morgan fingerprint density at radius 1 is 1.03 bits per heavy atom. The summed E-state index contributed by atoms with van der Waals surface area (Å²) < 4.78 is 14.4. The van der Waals surface area contributed by atoms with E-state index < -0.39 is 5.82 Å². The molecular weight excluding hydrogens is 447 g/mol. The van der Waals surface area contributed by atoms with Gasteiger partial charge in [0.1, 0.15) is 10.8 Å². The molecule has 4 aromatic rings. The first kappa shape index (κ1) is 21.8. The molecule has 0 unspecified atom stereocenters. The zero-order chi connectivity index (χ0) is 22.7. The van der Waals surface area contributed by atoms with Gasteiger partial charge in [-0.25, -0.2) is 14.4 Å². The maximum atomic E-state index is 14.4. The number of carbonyl (C=O) groups excluding carboxylic acids is 2. The number of amides is 2. The van der Waals surface area contributed by atoms with E-state index in [9.17, 15) is 14.0 Å². The van der Waals surface area contributed by atoms with Crippen molar-refractivity contribution >= 4 is 45.3 Å². The van der Waals surface area contributed by atoms with E-state index in [1.807, 2.05) is 30.5 Å². The molecule has 2 aromatic heterocycles. The standard InChI is InChI=1S/C23H19FN4O2S2/c1-13-4-3-5-15(8-13)22-26-17(11-31-22)10-21(30)28-23-27-20(12-32-23)18-7-6-16(9-19(18)24)25-14(2)29/h3-9,11-12H,10H2,1-2H3,(H,25,29)(H,27,28,30). The first-order valence-electron chi connectivity index (χ1n) is 9.72. The lowest BCUT2D eigenvalue weighted by Crippen LogP contribution is -2.14. The van der Waals surface area contributed by atoms with Crippen LogP contribution in [0.15, 0.2) is 53.2 Å². The third-order valence-corrected chi connectivity index (χ3v) is 6.17. The van der Waals surface area contributed by atoms with Crippen molar-refractivity contribution in [2.24, 2.45) is 0 Å². The summed E-state index contributed by atoms with van der Waals surface area (Å²) in [5.41, 5.74) is 3.93. The van der Waals surface area contributed by atoms with Crippen molar-refractivity contribution in [2.45, 2.75) is 20.3 Å². The van der Waals surface area contributed by atoms with E-state index in [1.54, 1.807) is 17.5 Å². The van der Waals surface area contributed by atoms with Crippen LogP contribution in [0.1, 0.15) is 18.2 Å². The summed E-state index contributed by atoms with van der Waals surface area (Å²) in [6.45, 7) is 3.38. The number of aromatic nitrogens is 2. The van der Waals surface area contributed by atoms with Crippen LogP contribution in [0.4, 0.5) is 15.2 Å². The molecule has 0 bridgehead atoms. The fraction of sp³-hybridized carbons (Fsp3) is 0.130. The molecule has 0 saturated carbocycles. The molecule has 162 valence electrons. The number of hydrogen-bond acceptors (Lipinski definition) is 6. The van der Waals surface area contributed by atoms with E-state index in [2.05, 4.69) is 26.7 Å². The lowest BCUT2D eigenvalue weighted by molar-refractivity contribution is -0.116. The fourth-order valence-corrected chi connectivity index (χ4v) is 4.63. The summed E-state index contributed by atoms with van der Waals surface area (Å²) in [4.78, 5) is 32.4. The molecule has 2 amide bonds. The van der Waals surface area contributed by atoms with Crippen LogP contribution in [0.25, 0.3) is 21.8 Å². The summed E-state index contributed by atoms with van der Waals surface area (Å²) in [5, 5.41) is 10.1. The van der Waals surface area contributed by atoms with Crippen molar-refractivity contribution in [3.05, 3.63) is 70.3 Å². The largest absolute Gasteiger partial charge is 0.326 e. The zero-order valence-electron chi connectivity index (χ0n) is 17.3. The van der Waals surface area contributed by atoms with Gasteiger partial charge < -0.3 is 10.6 Å². The van der Waals surface area contributed by atoms with E-state index >= 15 is 0 Å². The third kappa shape index (κ3) is 5.24. The number of anilines is 2. The number of benzene rings is 2. The number of halogens is 1. The van der Waals surface area contributed by atoms with Gasteiger partial charge in [-0.15, -0.1) is 22.7 Å². The molecule has 32 heavy (non-hydrogen) atoms. The molecule has 0 atom stereocenters. The molecule has 9 heteroatoms. The molecule has 0 radical (unpaired) electrons. The molecule has 0 saturated heterocycles. The Labute approximate surface area is 192 Å². The number of hydrogen-bond donors (Lipinski definition) is 2. The number of aryl methyl sites for hydroxylation is 1. The smallest absolute Gasteiger partial charge is 0.232 e. The summed E-state index contributed by atoms with van der Waals surface area (Å²) in [5.74, 6) is -1.03. The van der Waals surface area contributed by atoms with Gasteiger partial charge >= 0.3 is 0 Å². The molecule has 4 rings (SSSR count). The summed E-state index contributed by atoms with van der Waals surface area (Å²) in [6.07, 6.45) is 0.122. The minimum absolute atomic E-state index is 0.122. The second-order valence-electron chi connectivity index (χ2n) is 7.15. The van der Waals surface area contributed by atoms with Gasteiger partial charge in [-0.2, -0.15) is 0 Å². The van der Waals surface area contributed by atoms with Crippen molar-refractivity contribution in [1.29, 1.82) is 0 Å². The molecular formula is C23H19FN4O2S2. The second kappa shape index (κ2) is 9.37. The van der Waals surface area contributed by atoms with Crippen molar-refractivity contribution in [2.75, 3.05) is 10.6 Å². The molecule has 0 fully saturated rings. The molecule has 0 aliphatic carbocycles. The van der Waals surface area contributed by atoms with Gasteiger partial charge in [-0.3, -0.25) is 9.59 Å². The van der Waals surface area contributed by atoms with E-state index in [1.165, 1.54) is 35.7 Å². The van der Waals surface area contributed by atoms with Crippen LogP contribution in [0.5, 0.6) is 0 Å². The van der Waals surface area contributed by atoms with Gasteiger partial charge in [0.2, 0.25) is 11.8 Å². The van der Waals surface area contributed by atoms with E-state index in [0.29, 0.717) is 22.2 Å². The Kier molecular flexibility index (Phi) is 6.38. The van der Waals surface area contributed by atoms with Crippen LogP contribution >= 0.6 is 22.7 Å². The molecule has 0 aliphatic heterocycles. The summed E-state index contributed by atoms with van der Waals surface area (Å²) >= 11 is 2.71. The van der Waals surface area contributed by atoms with Crippen molar-refractivity contribution in [3.8, 4) is 21.8 Å². The molecule has 6 nitrogen and oxygen atoms in total. The number of nitrogens with one attached hydrogen (secondary N) is 2. The molecule has 0 aliphatic rings. The maximum absolute atomic E-state index is 14.4. The molecule has 0 spiro atoms. The van der Waals surface area contributed by atoms with E-state index in [0.717, 1.165) is 16.1 Å². The zero-order valence-corrected chi connectivity index (χ0v) is 18.9. The van der Waals surface area contributed by atoms with Gasteiger partial charge in [0, 0.05) is 34.5 Å². The van der Waals surface area contributed by atoms with Gasteiger partial charge in [-0.05, 0) is 31.2 Å². The quantitative estimate of drug-likeness (QED) is 0.392. The Hall–Kier alpha value is -3.43. The average molecular weight is 467 g/mol. The molecule has 2 aromatic carbocycles. The first-order valence-corrected chi connectivity index (χ1v) is 11.5. The summed E-state index contributed by atoms with van der Waals surface area (Å²) in [7, 11) is 0. The van der Waals surface area contributed by atoms with E-state index in [-0.39, 0.29) is 23.8 Å². The van der Waals surface area contributed by atoms with Crippen LogP contribution in [-0.4, -0.2) is 21.8 Å². The van der Waals surface area contributed by atoms with Crippen LogP contribution in [-0.2, 0) is 16.0 Å². The minimum atomic E-state index is -0.509. The van der Waals surface area contributed by atoms with Crippen molar-refractivity contribution < 1.29 is 14.0 Å². The van der Waals surface area contributed by atoms with Gasteiger partial charge in [0.15, 0.2) is 5.13 Å². The number of carbonyl (C=O) groups is 2. The maximum Gasteiger partial charge on any atom is 0.232 e. The Balaban J connectivity index is 1.41. The van der Waals surface area contributed by atoms with Gasteiger partial charge in [0.05, 0.1) is 17.8 Å². The van der Waals surface area contributed by atoms with Crippen molar-refractivity contribution in [3.63, 3.8) is 0 Å². The highest BCUT2D eigenvalue weighted by atomic mass is 32.1. The topological polar surface area (TPSA) is 84.0 Å². The number of thiazole rings is 2. The third-order valence-electron chi connectivity index (χ3n) is 4.47. The van der Waals surface area contributed by atoms with Crippen LogP contribution < -0.4 is 10.6 Å². The number of rotatable bonds is 6. The van der Waals surface area contributed by atoms with Gasteiger partial charge in [-0.1, -0.05) is 23.8 Å². The predicted octanol–water partition coefficient (Wildman–Crippen LogP) is 5.52. The molecule has 2 N–H and O–H groups in total. The summed E-state index contributed by atoms with van der Waals surface area (Å²) in [6, 6.07) is 12.4. The van der Waals surface area contributed by atoms with Crippen LogP contribution in [0.2, 0.25) is 0 Å². The van der Waals surface area contributed by atoms with Crippen molar-refractivity contribution in [1.82, 2.24) is 9.97 Å². The Bertz CT molecular complexity index is 1300. The molecule has 2 heterocycles. The lowest BCUT2D eigenvalue weighted by Gasteiger charge is -2.05. The van der Waals surface area contributed by atoms with E-state index in [4.69, 9.17) is 0 Å². The normalized spacial score (nSPS) is 10.7. The lowest BCUT2D eigenvalue weighted by atomic mass is 10.1. The monoisotopic (exact) mass is 466 g/mol. The van der Waals surface area contributed by atoms with Gasteiger partial charge in [0.25, 0.3) is 0 Å².